The molecule has 5 heteroatoms. The molecule has 0 fully saturated rings. The Hall–Kier alpha value is -1.23. The van der Waals surface area contributed by atoms with Gasteiger partial charge in [-0.3, -0.25) is 4.79 Å². The van der Waals surface area contributed by atoms with Crippen molar-refractivity contribution in [3.05, 3.63) is 23.9 Å². The lowest BCUT2D eigenvalue weighted by Gasteiger charge is -2.09. The van der Waals surface area contributed by atoms with Crippen LogP contribution < -0.4 is 10.6 Å². The number of nitrogens with one attached hydrogen (secondary N) is 2. The highest BCUT2D eigenvalue weighted by Gasteiger charge is 2.10. The maximum Gasteiger partial charge on any atom is 0.255 e. The number of carbonyl (C=O) groups is 1. The number of aromatic nitrogens is 1. The lowest BCUT2D eigenvalue weighted by atomic mass is 10.2. The molecule has 0 aliphatic rings. The molecule has 0 saturated carbocycles. The van der Waals surface area contributed by atoms with E-state index in [-0.39, 0.29) is 5.91 Å². The standard InChI is InChI=1S/C11H17N3OS/c1-3-12-10-9(5-4-6-13-10)11(15)14-7-8-16-2/h4-6H,3,7-8H2,1-2H3,(H,12,13)(H,14,15). The van der Waals surface area contributed by atoms with E-state index in [2.05, 4.69) is 15.6 Å². The van der Waals surface area contributed by atoms with Gasteiger partial charge in [0.25, 0.3) is 5.91 Å². The minimum absolute atomic E-state index is 0.0712. The molecule has 88 valence electrons. The molecule has 0 aliphatic carbocycles. The highest BCUT2D eigenvalue weighted by atomic mass is 32.2. The summed E-state index contributed by atoms with van der Waals surface area (Å²) in [6.07, 6.45) is 3.69. The molecule has 0 aliphatic heterocycles. The van der Waals surface area contributed by atoms with Crippen molar-refractivity contribution in [1.82, 2.24) is 10.3 Å². The van der Waals surface area contributed by atoms with E-state index in [1.54, 1.807) is 30.1 Å². The first-order valence-corrected chi connectivity index (χ1v) is 6.65. The maximum absolute atomic E-state index is 11.8. The van der Waals surface area contributed by atoms with Gasteiger partial charge in [0.05, 0.1) is 5.56 Å². The number of nitrogens with zero attached hydrogens (tertiary/aromatic N) is 1. The summed E-state index contributed by atoms with van der Waals surface area (Å²) in [6.45, 7) is 3.41. The van der Waals surface area contributed by atoms with Gasteiger partial charge in [-0.15, -0.1) is 0 Å². The Morgan fingerprint density at radius 2 is 2.38 bits per heavy atom. The van der Waals surface area contributed by atoms with Crippen LogP contribution in [0.5, 0.6) is 0 Å². The molecular formula is C11H17N3OS. The second-order valence-corrected chi connectivity index (χ2v) is 4.16. The van der Waals surface area contributed by atoms with Crippen molar-refractivity contribution in [2.75, 3.05) is 30.4 Å². The van der Waals surface area contributed by atoms with Gasteiger partial charge >= 0.3 is 0 Å². The number of hydrogen-bond acceptors (Lipinski definition) is 4. The van der Waals surface area contributed by atoms with Gasteiger partial charge < -0.3 is 10.6 Å². The first kappa shape index (κ1) is 12.8. The molecule has 0 unspecified atom stereocenters. The molecule has 0 saturated heterocycles. The van der Waals surface area contributed by atoms with Crippen molar-refractivity contribution in [3.63, 3.8) is 0 Å². The van der Waals surface area contributed by atoms with Gasteiger partial charge in [-0.1, -0.05) is 0 Å². The number of amides is 1. The smallest absolute Gasteiger partial charge is 0.255 e. The van der Waals surface area contributed by atoms with Crippen molar-refractivity contribution in [1.29, 1.82) is 0 Å². The van der Waals surface area contributed by atoms with Gasteiger partial charge in [0, 0.05) is 25.0 Å². The predicted octanol–water partition coefficient (Wildman–Crippen LogP) is 1.61. The van der Waals surface area contributed by atoms with Crippen LogP contribution in [0.4, 0.5) is 5.82 Å². The molecule has 1 aromatic heterocycles. The van der Waals surface area contributed by atoms with E-state index in [4.69, 9.17) is 0 Å². The third-order valence-corrected chi connectivity index (χ3v) is 2.60. The lowest BCUT2D eigenvalue weighted by molar-refractivity contribution is 0.0956. The van der Waals surface area contributed by atoms with Crippen molar-refractivity contribution in [2.45, 2.75) is 6.92 Å². The normalized spacial score (nSPS) is 9.88. The van der Waals surface area contributed by atoms with Crippen LogP contribution in [0.15, 0.2) is 18.3 Å². The van der Waals surface area contributed by atoms with E-state index >= 15 is 0 Å². The van der Waals surface area contributed by atoms with E-state index in [1.165, 1.54) is 0 Å². The van der Waals surface area contributed by atoms with E-state index in [0.717, 1.165) is 12.3 Å². The maximum atomic E-state index is 11.8. The molecule has 0 spiro atoms. The van der Waals surface area contributed by atoms with Gasteiger partial charge in [0.15, 0.2) is 0 Å². The molecule has 0 aromatic carbocycles. The predicted molar refractivity (Wildman–Crippen MR) is 69.1 cm³/mol. The van der Waals surface area contributed by atoms with Crippen molar-refractivity contribution >= 4 is 23.5 Å². The van der Waals surface area contributed by atoms with E-state index < -0.39 is 0 Å². The van der Waals surface area contributed by atoms with Gasteiger partial charge in [0.2, 0.25) is 0 Å². The SMILES string of the molecule is CCNc1ncccc1C(=O)NCCSC. The van der Waals surface area contributed by atoms with Crippen LogP contribution >= 0.6 is 11.8 Å². The van der Waals surface area contributed by atoms with Crippen LogP contribution in [0.3, 0.4) is 0 Å². The van der Waals surface area contributed by atoms with Crippen LogP contribution in [0, 0.1) is 0 Å². The molecule has 1 amide bonds. The number of carbonyl (C=O) groups excluding carboxylic acids is 1. The summed E-state index contributed by atoms with van der Waals surface area (Å²) in [4.78, 5) is 16.0. The zero-order chi connectivity index (χ0) is 11.8. The lowest BCUT2D eigenvalue weighted by Crippen LogP contribution is -2.26. The zero-order valence-electron chi connectivity index (χ0n) is 9.62. The average molecular weight is 239 g/mol. The number of rotatable bonds is 6. The monoisotopic (exact) mass is 239 g/mol. The summed E-state index contributed by atoms with van der Waals surface area (Å²) in [5.74, 6) is 1.49. The highest BCUT2D eigenvalue weighted by Crippen LogP contribution is 2.10. The summed E-state index contributed by atoms with van der Waals surface area (Å²) in [5, 5.41) is 5.93. The molecular weight excluding hydrogens is 222 g/mol. The molecule has 1 heterocycles. The summed E-state index contributed by atoms with van der Waals surface area (Å²) in [6, 6.07) is 3.55. The van der Waals surface area contributed by atoms with Crippen LogP contribution in [0.2, 0.25) is 0 Å². The summed E-state index contributed by atoms with van der Waals surface area (Å²) in [7, 11) is 0. The molecule has 2 N–H and O–H groups in total. The molecule has 1 aromatic rings. The molecule has 0 radical (unpaired) electrons. The van der Waals surface area contributed by atoms with Gasteiger partial charge in [-0.05, 0) is 25.3 Å². The van der Waals surface area contributed by atoms with Crippen LogP contribution in [0.1, 0.15) is 17.3 Å². The van der Waals surface area contributed by atoms with Gasteiger partial charge in [-0.2, -0.15) is 11.8 Å². The van der Waals surface area contributed by atoms with Crippen molar-refractivity contribution in [2.24, 2.45) is 0 Å². The topological polar surface area (TPSA) is 54.0 Å². The fourth-order valence-electron chi connectivity index (χ4n) is 1.26. The quantitative estimate of drug-likeness (QED) is 0.740. The number of pyridine rings is 1. The second kappa shape index (κ2) is 7.11. The Morgan fingerprint density at radius 3 is 3.06 bits per heavy atom. The summed E-state index contributed by atoms with van der Waals surface area (Å²) < 4.78 is 0. The fraction of sp³-hybridized carbons (Fsp3) is 0.455. The Morgan fingerprint density at radius 1 is 1.56 bits per heavy atom. The first-order chi connectivity index (χ1) is 7.79. The third-order valence-electron chi connectivity index (χ3n) is 1.99. The molecule has 16 heavy (non-hydrogen) atoms. The third kappa shape index (κ3) is 3.73. The average Bonchev–Trinajstić information content (AvgIpc) is 2.30. The first-order valence-electron chi connectivity index (χ1n) is 5.25. The van der Waals surface area contributed by atoms with E-state index in [1.807, 2.05) is 13.2 Å². The van der Waals surface area contributed by atoms with Crippen LogP contribution in [0.25, 0.3) is 0 Å². The minimum Gasteiger partial charge on any atom is -0.370 e. The van der Waals surface area contributed by atoms with E-state index in [0.29, 0.717) is 17.9 Å². The Kier molecular flexibility index (Phi) is 5.71. The summed E-state index contributed by atoms with van der Waals surface area (Å²) >= 11 is 1.71. The van der Waals surface area contributed by atoms with Gasteiger partial charge in [-0.25, -0.2) is 4.98 Å². The van der Waals surface area contributed by atoms with Crippen molar-refractivity contribution < 1.29 is 4.79 Å². The summed E-state index contributed by atoms with van der Waals surface area (Å²) in [5.41, 5.74) is 0.602. The number of hydrogen-bond donors (Lipinski definition) is 2. The molecule has 0 bridgehead atoms. The fourth-order valence-corrected chi connectivity index (χ4v) is 1.56. The number of anilines is 1. The Balaban J connectivity index is 2.66. The second-order valence-electron chi connectivity index (χ2n) is 3.18. The number of thioether (sulfide) groups is 1. The Labute approximate surface area is 100 Å². The van der Waals surface area contributed by atoms with Crippen LogP contribution in [-0.2, 0) is 0 Å². The van der Waals surface area contributed by atoms with Crippen molar-refractivity contribution in [3.8, 4) is 0 Å². The molecule has 0 atom stereocenters. The minimum atomic E-state index is -0.0712. The molecule has 4 nitrogen and oxygen atoms in total. The largest absolute Gasteiger partial charge is 0.370 e. The molecule has 1 rings (SSSR count). The van der Waals surface area contributed by atoms with Gasteiger partial charge in [0.1, 0.15) is 5.82 Å². The zero-order valence-corrected chi connectivity index (χ0v) is 10.4. The van der Waals surface area contributed by atoms with E-state index in [9.17, 15) is 4.79 Å². The highest BCUT2D eigenvalue weighted by molar-refractivity contribution is 7.98. The Bertz CT molecular complexity index is 344. The van der Waals surface area contributed by atoms with Crippen LogP contribution in [-0.4, -0.2) is 36.0 Å².